The second-order valence-electron chi connectivity index (χ2n) is 18.9. The first-order chi connectivity index (χ1) is 35.6. The summed E-state index contributed by atoms with van der Waals surface area (Å²) in [6, 6.07) is 84.1. The average Bonchev–Trinajstić information content (AvgIpc) is 4.00. The predicted molar refractivity (Wildman–Crippen MR) is 309 cm³/mol. The molecule has 2 aromatic heterocycles. The maximum Gasteiger partial charge on any atom is 0.143 e. The highest BCUT2D eigenvalue weighted by Crippen LogP contribution is 2.42. The van der Waals surface area contributed by atoms with Gasteiger partial charge in [0, 0.05) is 32.8 Å². The van der Waals surface area contributed by atoms with Crippen LogP contribution >= 0.6 is 0 Å². The Kier molecular flexibility index (Phi) is 13.3. The van der Waals surface area contributed by atoms with Gasteiger partial charge in [0.1, 0.15) is 11.2 Å². The van der Waals surface area contributed by atoms with Gasteiger partial charge in [-0.15, -0.1) is 0 Å². The Bertz CT molecular complexity index is 3850. The van der Waals surface area contributed by atoms with Gasteiger partial charge >= 0.3 is 0 Å². The molecule has 0 radical (unpaired) electrons. The Hall–Kier alpha value is -8.46. The van der Waals surface area contributed by atoms with Crippen molar-refractivity contribution in [2.75, 3.05) is 0 Å². The van der Waals surface area contributed by atoms with E-state index in [2.05, 4.69) is 268 Å². The quantitative estimate of drug-likeness (QED) is 0.112. The fourth-order valence-corrected chi connectivity index (χ4v) is 10.3. The number of furan rings is 1. The number of allylic oxidation sites excluding steroid dienone is 2. The van der Waals surface area contributed by atoms with E-state index in [1.165, 1.54) is 103 Å². The number of unbranched alkanes of at least 4 members (excludes halogenated alkanes) is 2. The van der Waals surface area contributed by atoms with Crippen molar-refractivity contribution in [3.8, 4) is 72.4 Å². The molecule has 0 amide bonds. The third kappa shape index (κ3) is 9.32. The summed E-state index contributed by atoms with van der Waals surface area (Å²) < 4.78 is 9.16. The molecule has 0 saturated carbocycles. The second kappa shape index (κ2) is 20.9. The van der Waals surface area contributed by atoms with Crippen molar-refractivity contribution in [1.82, 2.24) is 4.57 Å². The summed E-state index contributed by atoms with van der Waals surface area (Å²) in [5.74, 6) is 0. The monoisotopic (exact) mass is 929 g/mol. The summed E-state index contributed by atoms with van der Waals surface area (Å²) in [5.41, 5.74) is 21.0. The minimum absolute atomic E-state index is 0.884. The normalized spacial score (nSPS) is 11.5. The van der Waals surface area contributed by atoms with E-state index >= 15 is 0 Å². The third-order valence-electron chi connectivity index (χ3n) is 14.1. The second-order valence-corrected chi connectivity index (χ2v) is 18.9. The van der Waals surface area contributed by atoms with Crippen LogP contribution in [-0.2, 0) is 6.42 Å². The molecule has 10 aromatic carbocycles. The zero-order chi connectivity index (χ0) is 48.8. The molecule has 0 bridgehead atoms. The molecule has 72 heavy (non-hydrogen) atoms. The van der Waals surface area contributed by atoms with E-state index in [4.69, 9.17) is 4.42 Å². The topological polar surface area (TPSA) is 18.1 Å². The molecule has 0 atom stereocenters. The van der Waals surface area contributed by atoms with Gasteiger partial charge in [-0.2, -0.15) is 0 Å². The molecule has 0 aliphatic heterocycles. The van der Waals surface area contributed by atoms with Crippen LogP contribution in [0.25, 0.3) is 116 Å². The van der Waals surface area contributed by atoms with E-state index in [1.807, 2.05) is 0 Å². The predicted octanol–water partition coefficient (Wildman–Crippen LogP) is 20.4. The highest BCUT2D eigenvalue weighted by atomic mass is 16.3. The van der Waals surface area contributed by atoms with Crippen LogP contribution in [0.3, 0.4) is 0 Å². The summed E-state index contributed by atoms with van der Waals surface area (Å²) in [4.78, 5) is 0. The van der Waals surface area contributed by atoms with Crippen molar-refractivity contribution in [2.45, 2.75) is 52.9 Å². The van der Waals surface area contributed by atoms with Gasteiger partial charge in [-0.1, -0.05) is 209 Å². The fraction of sp³-hybridized carbons (Fsp3) is 0.114. The summed E-state index contributed by atoms with van der Waals surface area (Å²) in [7, 11) is 0. The smallest absolute Gasteiger partial charge is 0.143 e. The number of rotatable bonds is 12. The highest BCUT2D eigenvalue weighted by Gasteiger charge is 2.18. The number of hydrogen-bond donors (Lipinski definition) is 0. The van der Waals surface area contributed by atoms with Crippen LogP contribution < -0.4 is 0 Å². The van der Waals surface area contributed by atoms with Crippen LogP contribution in [0.4, 0.5) is 0 Å². The van der Waals surface area contributed by atoms with Crippen molar-refractivity contribution in [2.24, 2.45) is 0 Å². The third-order valence-corrected chi connectivity index (χ3v) is 14.1. The minimum atomic E-state index is 0.884. The first-order valence-corrected chi connectivity index (χ1v) is 25.7. The Balaban J connectivity index is 0.000000882. The molecule has 0 aliphatic carbocycles. The van der Waals surface area contributed by atoms with Crippen molar-refractivity contribution < 1.29 is 4.42 Å². The highest BCUT2D eigenvalue weighted by molar-refractivity contribution is 6.14. The number of fused-ring (bicyclic) bond motifs is 6. The first-order valence-electron chi connectivity index (χ1n) is 25.7. The molecule has 2 heteroatoms. The maximum absolute atomic E-state index is 6.77. The first kappa shape index (κ1) is 46.0. The van der Waals surface area contributed by atoms with Crippen LogP contribution in [0.5, 0.6) is 0 Å². The van der Waals surface area contributed by atoms with E-state index in [9.17, 15) is 0 Å². The summed E-state index contributed by atoms with van der Waals surface area (Å²) in [6.07, 6.45) is 10.4. The molecule has 0 saturated heterocycles. The summed E-state index contributed by atoms with van der Waals surface area (Å²) in [6.45, 7) is 6.48. The Morgan fingerprint density at radius 3 is 1.54 bits per heavy atom. The number of para-hydroxylation sites is 2. The van der Waals surface area contributed by atoms with Crippen molar-refractivity contribution in [3.05, 3.63) is 248 Å². The van der Waals surface area contributed by atoms with Crippen LogP contribution in [0, 0.1) is 0 Å². The zero-order valence-electron chi connectivity index (χ0n) is 41.5. The molecule has 2 heterocycles. The van der Waals surface area contributed by atoms with Gasteiger partial charge in [0.15, 0.2) is 0 Å². The molecule has 2 nitrogen and oxygen atoms in total. The number of hydrogen-bond acceptors (Lipinski definition) is 1. The molecule has 12 rings (SSSR count). The van der Waals surface area contributed by atoms with Gasteiger partial charge in [0.2, 0.25) is 0 Å². The number of aromatic nitrogens is 1. The molecule has 0 fully saturated rings. The lowest BCUT2D eigenvalue weighted by Crippen LogP contribution is -1.93. The van der Waals surface area contributed by atoms with Gasteiger partial charge in [0.05, 0.1) is 11.0 Å². The molecule has 0 N–H and O–H groups in total. The van der Waals surface area contributed by atoms with Crippen LogP contribution in [0.2, 0.25) is 0 Å². The average molecular weight is 930 g/mol. The Morgan fingerprint density at radius 2 is 0.917 bits per heavy atom. The molecule has 0 unspecified atom stereocenters. The van der Waals surface area contributed by atoms with Gasteiger partial charge in [-0.05, 0) is 154 Å². The number of benzene rings is 10. The van der Waals surface area contributed by atoms with E-state index in [0.717, 1.165) is 50.7 Å². The zero-order valence-corrected chi connectivity index (χ0v) is 41.5. The molecule has 0 spiro atoms. The minimum Gasteiger partial charge on any atom is -0.455 e. The molecular weight excluding hydrogens is 871 g/mol. The molecular formula is C70H59NO. The summed E-state index contributed by atoms with van der Waals surface area (Å²) in [5, 5.41) is 4.66. The van der Waals surface area contributed by atoms with Gasteiger partial charge in [0.25, 0.3) is 0 Å². The lowest BCUT2D eigenvalue weighted by atomic mass is 9.94. The maximum atomic E-state index is 6.77. The lowest BCUT2D eigenvalue weighted by molar-refractivity contribution is 0.670. The van der Waals surface area contributed by atoms with Crippen LogP contribution in [0.1, 0.15) is 52.0 Å². The van der Waals surface area contributed by atoms with E-state index in [0.29, 0.717) is 0 Å². The van der Waals surface area contributed by atoms with E-state index in [-0.39, 0.29) is 0 Å². The van der Waals surface area contributed by atoms with E-state index < -0.39 is 0 Å². The lowest BCUT2D eigenvalue weighted by Gasteiger charge is -2.10. The number of nitrogens with zero attached hydrogens (tertiary/aromatic N) is 1. The molecule has 350 valence electrons. The van der Waals surface area contributed by atoms with Crippen LogP contribution in [-0.4, -0.2) is 4.57 Å². The van der Waals surface area contributed by atoms with Crippen LogP contribution in [0.15, 0.2) is 247 Å². The SMILES string of the molecule is C/C=C\CCC.CCCCc1ccc(-c2cccc(-c3cccc(-c4cccc(-c5ccc6oc7c(-c8ccc9c(c8)c8ccc(-c%10ccccc%10)cc8n9-c8ccccc8)cccc7c6c5)c4)c3)c2)cc1. The molecule has 12 aromatic rings. The molecule has 0 aliphatic rings. The van der Waals surface area contributed by atoms with Gasteiger partial charge in [-0.3, -0.25) is 0 Å². The Labute approximate surface area is 424 Å². The van der Waals surface area contributed by atoms with Crippen molar-refractivity contribution in [3.63, 3.8) is 0 Å². The van der Waals surface area contributed by atoms with Crippen molar-refractivity contribution in [1.29, 1.82) is 0 Å². The standard InChI is InChI=1S/C64H47NO.C6H12/c1-2-3-14-43-27-29-45(30-28-43)46-17-10-18-47(37-46)48-19-11-20-49(38-48)50-21-12-22-51(39-50)52-33-36-63-60(40-52)58-26-13-25-56(64(58)66-63)54-32-35-61-59(41-54)57-34-31-53(44-15-6-4-7-16-44)42-62(57)65(61)55-23-8-5-9-24-55;1-3-5-6-4-2/h4-13,15-42H,2-3,14H2,1H3;3,5H,4,6H2,1-2H3/b;5-3-. The summed E-state index contributed by atoms with van der Waals surface area (Å²) >= 11 is 0. The Morgan fingerprint density at radius 1 is 0.389 bits per heavy atom. The fourth-order valence-electron chi connectivity index (χ4n) is 10.3. The number of aryl methyl sites for hydroxylation is 1. The van der Waals surface area contributed by atoms with Gasteiger partial charge < -0.3 is 8.98 Å². The van der Waals surface area contributed by atoms with E-state index in [1.54, 1.807) is 0 Å². The van der Waals surface area contributed by atoms with Crippen molar-refractivity contribution >= 4 is 43.7 Å². The van der Waals surface area contributed by atoms with Gasteiger partial charge in [-0.25, -0.2) is 0 Å². The largest absolute Gasteiger partial charge is 0.455 e.